The number of aryl methyl sites for hydroxylation is 3. The van der Waals surface area contributed by atoms with Gasteiger partial charge < -0.3 is 10.4 Å². The summed E-state index contributed by atoms with van der Waals surface area (Å²) in [4.78, 5) is 36.2. The van der Waals surface area contributed by atoms with Crippen LogP contribution in [0.15, 0.2) is 12.1 Å². The van der Waals surface area contributed by atoms with Crippen molar-refractivity contribution in [1.82, 2.24) is 9.78 Å². The van der Waals surface area contributed by atoms with Crippen LogP contribution in [0.25, 0.3) is 0 Å². The van der Waals surface area contributed by atoms with Crippen molar-refractivity contribution in [2.75, 3.05) is 16.8 Å². The van der Waals surface area contributed by atoms with Gasteiger partial charge in [0.2, 0.25) is 11.7 Å². The molecular weight excluding hydrogens is 362 g/mol. The van der Waals surface area contributed by atoms with Crippen LogP contribution in [0.3, 0.4) is 0 Å². The molecule has 0 spiro atoms. The first kappa shape index (κ1) is 19.2. The first-order chi connectivity index (χ1) is 11.8. The molecule has 0 radical (unpaired) electrons. The van der Waals surface area contributed by atoms with Crippen molar-refractivity contribution in [1.29, 1.82) is 0 Å². The highest BCUT2D eigenvalue weighted by Crippen LogP contribution is 2.30. The predicted octanol–water partition coefficient (Wildman–Crippen LogP) is 2.34. The van der Waals surface area contributed by atoms with Gasteiger partial charge in [0.05, 0.1) is 17.1 Å². The maximum Gasteiger partial charge on any atom is 0.313 e. The number of carboxylic acid groups (broad SMARTS) is 1. The van der Waals surface area contributed by atoms with Gasteiger partial charge in [-0.15, -0.1) is 23.1 Å². The third-order valence-electron chi connectivity index (χ3n) is 3.43. The number of aromatic nitrogens is 2. The van der Waals surface area contributed by atoms with E-state index in [1.807, 2.05) is 13.8 Å². The van der Waals surface area contributed by atoms with Gasteiger partial charge in [0.25, 0.3) is 0 Å². The predicted molar refractivity (Wildman–Crippen MR) is 98.7 cm³/mol. The molecular formula is C16H19N3O4S2. The maximum absolute atomic E-state index is 12.7. The van der Waals surface area contributed by atoms with Gasteiger partial charge in [-0.2, -0.15) is 5.10 Å². The third-order valence-corrected chi connectivity index (χ3v) is 5.55. The molecule has 0 aliphatic carbocycles. The lowest BCUT2D eigenvalue weighted by Crippen LogP contribution is -2.16. The molecule has 1 amide bonds. The molecule has 2 aromatic heterocycles. The number of carbonyl (C=O) groups is 3. The van der Waals surface area contributed by atoms with Crippen LogP contribution in [0, 0.1) is 6.92 Å². The Kier molecular flexibility index (Phi) is 6.38. The smallest absolute Gasteiger partial charge is 0.313 e. The van der Waals surface area contributed by atoms with Crippen molar-refractivity contribution in [2.24, 2.45) is 7.05 Å². The van der Waals surface area contributed by atoms with Gasteiger partial charge >= 0.3 is 5.97 Å². The molecule has 9 heteroatoms. The average Bonchev–Trinajstić information content (AvgIpc) is 3.10. The zero-order valence-corrected chi connectivity index (χ0v) is 15.8. The summed E-state index contributed by atoms with van der Waals surface area (Å²) in [6, 6.07) is 3.48. The van der Waals surface area contributed by atoms with E-state index in [0.717, 1.165) is 28.8 Å². The van der Waals surface area contributed by atoms with Crippen molar-refractivity contribution >= 4 is 45.8 Å². The minimum atomic E-state index is -0.969. The fraction of sp³-hybridized carbons (Fsp3) is 0.375. The highest BCUT2D eigenvalue weighted by Gasteiger charge is 2.21. The van der Waals surface area contributed by atoms with E-state index in [1.165, 1.54) is 11.3 Å². The number of hydrogen-bond acceptors (Lipinski definition) is 6. The average molecular weight is 381 g/mol. The van der Waals surface area contributed by atoms with Gasteiger partial charge in [0.15, 0.2) is 0 Å². The van der Waals surface area contributed by atoms with E-state index in [2.05, 4.69) is 10.4 Å². The Morgan fingerprint density at radius 1 is 1.32 bits per heavy atom. The molecule has 0 unspecified atom stereocenters. The maximum atomic E-state index is 12.7. The Bertz CT molecular complexity index is 791. The summed E-state index contributed by atoms with van der Waals surface area (Å²) in [6.45, 7) is 3.83. The van der Waals surface area contributed by atoms with Crippen molar-refractivity contribution in [2.45, 2.75) is 20.3 Å². The number of anilines is 1. The van der Waals surface area contributed by atoms with Gasteiger partial charge in [-0.05, 0) is 25.5 Å². The second-order valence-electron chi connectivity index (χ2n) is 5.37. The lowest BCUT2D eigenvalue weighted by molar-refractivity contribution is -0.133. The molecule has 7 nitrogen and oxygen atoms in total. The number of carbonyl (C=O) groups excluding carboxylic acids is 2. The fourth-order valence-corrected chi connectivity index (χ4v) is 3.63. The highest BCUT2D eigenvalue weighted by atomic mass is 32.2. The van der Waals surface area contributed by atoms with Crippen molar-refractivity contribution in [3.8, 4) is 0 Å². The van der Waals surface area contributed by atoms with Gasteiger partial charge in [-0.3, -0.25) is 19.1 Å². The Hall–Kier alpha value is -2.13. The molecule has 2 N–H and O–H groups in total. The summed E-state index contributed by atoms with van der Waals surface area (Å²) in [6.07, 6.45) is 0.746. The Balaban J connectivity index is 2.18. The molecule has 0 aliphatic heterocycles. The summed E-state index contributed by atoms with van der Waals surface area (Å²) in [5.74, 6) is -1.67. The molecule has 0 saturated carbocycles. The lowest BCUT2D eigenvalue weighted by Gasteiger charge is -2.04. The molecule has 134 valence electrons. The largest absolute Gasteiger partial charge is 0.481 e. The Labute approximate surface area is 153 Å². The van der Waals surface area contributed by atoms with E-state index in [9.17, 15) is 14.4 Å². The van der Waals surface area contributed by atoms with E-state index in [1.54, 1.807) is 23.9 Å². The monoisotopic (exact) mass is 381 g/mol. The van der Waals surface area contributed by atoms with Crippen LogP contribution in [-0.4, -0.2) is 44.1 Å². The quantitative estimate of drug-likeness (QED) is 0.681. The molecule has 0 aliphatic rings. The lowest BCUT2D eigenvalue weighted by atomic mass is 10.1. The van der Waals surface area contributed by atoms with Crippen LogP contribution in [0.4, 0.5) is 5.00 Å². The van der Waals surface area contributed by atoms with Crippen LogP contribution in [0.1, 0.15) is 33.5 Å². The minimum Gasteiger partial charge on any atom is -0.481 e. The summed E-state index contributed by atoms with van der Waals surface area (Å²) in [7, 11) is 1.76. The second-order valence-corrected chi connectivity index (χ2v) is 7.49. The molecule has 25 heavy (non-hydrogen) atoms. The minimum absolute atomic E-state index is 0.0159. The topological polar surface area (TPSA) is 101 Å². The Morgan fingerprint density at radius 2 is 2.04 bits per heavy atom. The van der Waals surface area contributed by atoms with E-state index < -0.39 is 5.97 Å². The number of aliphatic carboxylic acids is 1. The zero-order chi connectivity index (χ0) is 18.6. The van der Waals surface area contributed by atoms with Gasteiger partial charge in [0.1, 0.15) is 10.7 Å². The molecule has 0 saturated heterocycles. The summed E-state index contributed by atoms with van der Waals surface area (Å²) >= 11 is 2.36. The van der Waals surface area contributed by atoms with Gasteiger partial charge in [-0.25, -0.2) is 0 Å². The molecule has 0 bridgehead atoms. The van der Waals surface area contributed by atoms with E-state index >= 15 is 0 Å². The summed E-state index contributed by atoms with van der Waals surface area (Å²) < 4.78 is 1.63. The van der Waals surface area contributed by atoms with Gasteiger partial charge in [-0.1, -0.05) is 6.92 Å². The number of nitrogens with zero attached hydrogens (tertiary/aromatic N) is 2. The molecule has 0 aromatic carbocycles. The van der Waals surface area contributed by atoms with Gasteiger partial charge in [0, 0.05) is 17.6 Å². The third kappa shape index (κ3) is 4.93. The van der Waals surface area contributed by atoms with E-state index in [-0.39, 0.29) is 23.2 Å². The van der Waals surface area contributed by atoms with Crippen molar-refractivity contribution in [3.63, 3.8) is 0 Å². The van der Waals surface area contributed by atoms with Crippen LogP contribution in [0.2, 0.25) is 0 Å². The molecule has 2 heterocycles. The van der Waals surface area contributed by atoms with E-state index in [4.69, 9.17) is 5.11 Å². The number of thiophene rings is 1. The van der Waals surface area contributed by atoms with Crippen LogP contribution >= 0.6 is 23.1 Å². The van der Waals surface area contributed by atoms with Crippen LogP contribution < -0.4 is 5.32 Å². The zero-order valence-electron chi connectivity index (χ0n) is 14.2. The van der Waals surface area contributed by atoms with Crippen molar-refractivity contribution < 1.29 is 19.5 Å². The summed E-state index contributed by atoms with van der Waals surface area (Å²) in [5, 5.41) is 16.0. The first-order valence-corrected chi connectivity index (χ1v) is 9.56. The molecule has 0 fully saturated rings. The number of rotatable bonds is 8. The number of thioether (sulfide) groups is 1. The summed E-state index contributed by atoms with van der Waals surface area (Å²) in [5.41, 5.74) is 1.61. The normalized spacial score (nSPS) is 10.7. The number of carboxylic acids is 1. The van der Waals surface area contributed by atoms with Crippen LogP contribution in [-0.2, 0) is 23.1 Å². The number of amides is 1. The molecule has 2 aromatic rings. The molecule has 2 rings (SSSR count). The van der Waals surface area contributed by atoms with Crippen LogP contribution in [0.5, 0.6) is 0 Å². The number of hydrogen-bond donors (Lipinski definition) is 2. The number of nitrogens with one attached hydrogen (secondary N) is 1. The fourth-order valence-electron chi connectivity index (χ4n) is 2.08. The second kappa shape index (κ2) is 8.30. The molecule has 0 atom stereocenters. The van der Waals surface area contributed by atoms with E-state index in [0.29, 0.717) is 16.3 Å². The SMILES string of the molecule is CCc1cc(C(=O)c2cc(C)n(C)n2)c(NC(=O)CSCC(=O)O)s1. The standard InChI is InChI=1S/C16H19N3O4S2/c1-4-10-6-11(15(23)12-5-9(2)19(3)18-12)16(25-10)17-13(20)7-24-8-14(21)22/h5-6H,4,7-8H2,1-3H3,(H,17,20)(H,21,22). The first-order valence-electron chi connectivity index (χ1n) is 7.59. The Morgan fingerprint density at radius 3 is 2.60 bits per heavy atom. The highest BCUT2D eigenvalue weighted by molar-refractivity contribution is 8.00. The number of ketones is 1. The van der Waals surface area contributed by atoms with Crippen molar-refractivity contribution in [3.05, 3.63) is 34.0 Å².